The Kier molecular flexibility index (Phi) is 5.94. The number of anilines is 1. The Morgan fingerprint density at radius 2 is 1.84 bits per heavy atom. The van der Waals surface area contributed by atoms with E-state index in [0.29, 0.717) is 43.7 Å². The topological polar surface area (TPSA) is 95.7 Å². The molecule has 2 amide bonds. The molecule has 1 fully saturated rings. The monoisotopic (exact) mass is 434 g/mol. The van der Waals surface area contributed by atoms with Crippen molar-refractivity contribution in [3.63, 3.8) is 0 Å². The SMILES string of the molecule is CCN(C(=O)N1CCC(C(=O)c2ccc3c(c2)ncn3C)CC1)c1cccc(C(=O)O)c1. The highest BCUT2D eigenvalue weighted by molar-refractivity contribution is 6.01. The van der Waals surface area contributed by atoms with Gasteiger partial charge in [-0.05, 0) is 56.2 Å². The summed E-state index contributed by atoms with van der Waals surface area (Å²) in [7, 11) is 1.92. The molecule has 8 heteroatoms. The zero-order valence-corrected chi connectivity index (χ0v) is 18.2. The highest BCUT2D eigenvalue weighted by Crippen LogP contribution is 2.26. The molecule has 0 radical (unpaired) electrons. The van der Waals surface area contributed by atoms with E-state index < -0.39 is 5.97 Å². The number of carboxylic acids is 1. The molecule has 1 aliphatic rings. The molecule has 2 heterocycles. The number of carbonyl (C=O) groups excluding carboxylic acids is 2. The molecule has 0 atom stereocenters. The number of urea groups is 1. The van der Waals surface area contributed by atoms with Gasteiger partial charge in [0.1, 0.15) is 0 Å². The van der Waals surface area contributed by atoms with Crippen LogP contribution in [-0.4, -0.2) is 57.0 Å². The summed E-state index contributed by atoms with van der Waals surface area (Å²) in [5.74, 6) is -1.07. The number of imidazole rings is 1. The number of carbonyl (C=O) groups is 3. The van der Waals surface area contributed by atoms with Crippen LogP contribution in [0.5, 0.6) is 0 Å². The van der Waals surface area contributed by atoms with E-state index in [4.69, 9.17) is 0 Å². The first-order valence-corrected chi connectivity index (χ1v) is 10.7. The maximum Gasteiger partial charge on any atom is 0.335 e. The van der Waals surface area contributed by atoms with Crippen molar-refractivity contribution < 1.29 is 19.5 Å². The van der Waals surface area contributed by atoms with Gasteiger partial charge in [0.15, 0.2) is 5.78 Å². The van der Waals surface area contributed by atoms with Gasteiger partial charge in [0, 0.05) is 43.9 Å². The van der Waals surface area contributed by atoms with Gasteiger partial charge in [0.05, 0.1) is 22.9 Å². The van der Waals surface area contributed by atoms with Gasteiger partial charge in [-0.25, -0.2) is 14.6 Å². The van der Waals surface area contributed by atoms with Gasteiger partial charge in [-0.3, -0.25) is 9.69 Å². The summed E-state index contributed by atoms with van der Waals surface area (Å²) in [6.07, 6.45) is 2.92. The number of piperidine rings is 1. The van der Waals surface area contributed by atoms with E-state index in [9.17, 15) is 19.5 Å². The maximum absolute atomic E-state index is 13.1. The van der Waals surface area contributed by atoms with Crippen molar-refractivity contribution in [2.75, 3.05) is 24.5 Å². The second kappa shape index (κ2) is 8.82. The fourth-order valence-electron chi connectivity index (χ4n) is 4.26. The van der Waals surface area contributed by atoms with Crippen LogP contribution in [0.1, 0.15) is 40.5 Å². The Labute approximate surface area is 186 Å². The number of hydrogen-bond acceptors (Lipinski definition) is 4. The van der Waals surface area contributed by atoms with Crippen molar-refractivity contribution in [3.8, 4) is 0 Å². The van der Waals surface area contributed by atoms with Gasteiger partial charge in [0.2, 0.25) is 0 Å². The van der Waals surface area contributed by atoms with Crippen LogP contribution in [0.25, 0.3) is 11.0 Å². The quantitative estimate of drug-likeness (QED) is 0.616. The molecular weight excluding hydrogens is 408 g/mol. The summed E-state index contributed by atoms with van der Waals surface area (Å²) in [5, 5.41) is 9.23. The Morgan fingerprint density at radius 1 is 1.09 bits per heavy atom. The summed E-state index contributed by atoms with van der Waals surface area (Å²) < 4.78 is 1.92. The number of Topliss-reactive ketones (excluding diaryl/α,β-unsaturated/α-hetero) is 1. The van der Waals surface area contributed by atoms with Crippen LogP contribution in [0, 0.1) is 5.92 Å². The van der Waals surface area contributed by atoms with E-state index >= 15 is 0 Å². The van der Waals surface area contributed by atoms with E-state index in [1.807, 2.05) is 36.7 Å². The van der Waals surface area contributed by atoms with Crippen LogP contribution in [0.15, 0.2) is 48.8 Å². The van der Waals surface area contributed by atoms with Crippen LogP contribution < -0.4 is 4.90 Å². The van der Waals surface area contributed by atoms with Gasteiger partial charge in [-0.1, -0.05) is 6.07 Å². The molecule has 0 aliphatic carbocycles. The van der Waals surface area contributed by atoms with Crippen molar-refractivity contribution in [2.45, 2.75) is 19.8 Å². The normalized spacial score (nSPS) is 14.5. The number of nitrogens with zero attached hydrogens (tertiary/aromatic N) is 4. The number of amides is 2. The molecule has 3 aromatic rings. The molecule has 1 aliphatic heterocycles. The average Bonchev–Trinajstić information content (AvgIpc) is 3.19. The lowest BCUT2D eigenvalue weighted by Gasteiger charge is -2.35. The first kappa shape index (κ1) is 21.5. The molecule has 0 spiro atoms. The maximum atomic E-state index is 13.1. The summed E-state index contributed by atoms with van der Waals surface area (Å²) in [6.45, 7) is 3.24. The van der Waals surface area contributed by atoms with Crippen molar-refractivity contribution in [1.29, 1.82) is 0 Å². The van der Waals surface area contributed by atoms with Crippen LogP contribution in [0.4, 0.5) is 10.5 Å². The zero-order valence-electron chi connectivity index (χ0n) is 18.2. The molecule has 4 rings (SSSR count). The first-order valence-electron chi connectivity index (χ1n) is 10.7. The highest BCUT2D eigenvalue weighted by Gasteiger charge is 2.30. The standard InChI is InChI=1S/C24H26N4O4/c1-3-28(19-6-4-5-18(13-19)23(30)31)24(32)27-11-9-16(10-12-27)22(29)17-7-8-21-20(14-17)25-15-26(21)2/h4-8,13-16H,3,9-12H2,1-2H3,(H,30,31). The Hall–Kier alpha value is -3.68. The van der Waals surface area contributed by atoms with Gasteiger partial charge in [0.25, 0.3) is 0 Å². The van der Waals surface area contributed by atoms with Crippen molar-refractivity contribution in [1.82, 2.24) is 14.5 Å². The number of aryl methyl sites for hydroxylation is 1. The fraction of sp³-hybridized carbons (Fsp3) is 0.333. The fourth-order valence-corrected chi connectivity index (χ4v) is 4.26. The van der Waals surface area contributed by atoms with E-state index in [1.165, 1.54) is 12.1 Å². The minimum absolute atomic E-state index is 0.0890. The molecule has 0 unspecified atom stereocenters. The number of rotatable bonds is 5. The van der Waals surface area contributed by atoms with E-state index in [2.05, 4.69) is 4.98 Å². The second-order valence-electron chi connectivity index (χ2n) is 8.07. The number of aromatic carboxylic acids is 1. The Bertz CT molecular complexity index is 1180. The number of hydrogen-bond donors (Lipinski definition) is 1. The van der Waals surface area contributed by atoms with Crippen LogP contribution >= 0.6 is 0 Å². The predicted molar refractivity (Wildman–Crippen MR) is 121 cm³/mol. The third-order valence-electron chi connectivity index (χ3n) is 6.10. The molecule has 166 valence electrons. The molecule has 1 saturated heterocycles. The van der Waals surface area contributed by atoms with Crippen LogP contribution in [0.2, 0.25) is 0 Å². The lowest BCUT2D eigenvalue weighted by Crippen LogP contribution is -2.47. The van der Waals surface area contributed by atoms with Gasteiger partial charge < -0.3 is 14.6 Å². The number of aromatic nitrogens is 2. The smallest absolute Gasteiger partial charge is 0.335 e. The third-order valence-corrected chi connectivity index (χ3v) is 6.10. The molecule has 0 bridgehead atoms. The Balaban J connectivity index is 1.42. The predicted octanol–water partition coefficient (Wildman–Crippen LogP) is 3.81. The van der Waals surface area contributed by atoms with Crippen LogP contribution in [-0.2, 0) is 7.05 Å². The first-order chi connectivity index (χ1) is 15.4. The van der Waals surface area contributed by atoms with Gasteiger partial charge in [-0.2, -0.15) is 0 Å². The third kappa shape index (κ3) is 4.08. The van der Waals surface area contributed by atoms with Crippen LogP contribution in [0.3, 0.4) is 0 Å². The van der Waals surface area contributed by atoms with E-state index in [-0.39, 0.29) is 23.3 Å². The second-order valence-corrected chi connectivity index (χ2v) is 8.07. The zero-order chi connectivity index (χ0) is 22.8. The van der Waals surface area contributed by atoms with Crippen molar-refractivity contribution in [3.05, 3.63) is 59.9 Å². The number of benzene rings is 2. The lowest BCUT2D eigenvalue weighted by atomic mass is 9.89. The van der Waals surface area contributed by atoms with E-state index in [0.717, 1.165) is 11.0 Å². The van der Waals surface area contributed by atoms with Crippen molar-refractivity contribution in [2.24, 2.45) is 13.0 Å². The molecule has 1 N–H and O–H groups in total. The summed E-state index contributed by atoms with van der Waals surface area (Å²) in [4.78, 5) is 45.1. The Morgan fingerprint density at radius 3 is 2.53 bits per heavy atom. The number of ketones is 1. The number of fused-ring (bicyclic) bond motifs is 1. The summed E-state index contributed by atoms with van der Waals surface area (Å²) in [6, 6.07) is 11.8. The molecule has 0 saturated carbocycles. The molecule has 2 aromatic carbocycles. The van der Waals surface area contributed by atoms with Crippen molar-refractivity contribution >= 4 is 34.5 Å². The minimum Gasteiger partial charge on any atom is -0.478 e. The van der Waals surface area contributed by atoms with Gasteiger partial charge in [-0.15, -0.1) is 0 Å². The minimum atomic E-state index is -1.03. The average molecular weight is 434 g/mol. The summed E-state index contributed by atoms with van der Waals surface area (Å²) >= 11 is 0. The molecule has 1 aromatic heterocycles. The number of likely N-dealkylation sites (tertiary alicyclic amines) is 1. The molecular formula is C24H26N4O4. The largest absolute Gasteiger partial charge is 0.478 e. The van der Waals surface area contributed by atoms with E-state index in [1.54, 1.807) is 28.3 Å². The number of carboxylic acid groups (broad SMARTS) is 1. The van der Waals surface area contributed by atoms with Gasteiger partial charge >= 0.3 is 12.0 Å². The lowest BCUT2D eigenvalue weighted by molar-refractivity contribution is 0.0696. The summed E-state index contributed by atoms with van der Waals surface area (Å²) in [5.41, 5.74) is 3.13. The highest BCUT2D eigenvalue weighted by atomic mass is 16.4. The molecule has 8 nitrogen and oxygen atoms in total. The molecule has 32 heavy (non-hydrogen) atoms.